The van der Waals surface area contributed by atoms with Gasteiger partial charge in [-0.15, -0.1) is 11.3 Å². The fraction of sp³-hybridized carbons (Fsp3) is 0.500. The summed E-state index contributed by atoms with van der Waals surface area (Å²) in [6, 6.07) is 2.20. The van der Waals surface area contributed by atoms with Crippen molar-refractivity contribution in [1.82, 2.24) is 5.32 Å². The Kier molecular flexibility index (Phi) is 3.55. The average molecular weight is 289 g/mol. The van der Waals surface area contributed by atoms with E-state index in [0.717, 1.165) is 36.2 Å². The van der Waals surface area contributed by atoms with Gasteiger partial charge in [0, 0.05) is 24.3 Å². The SMILES string of the molecule is N#Cc1c(N2C(=O)CCCCC2=O)sc2c1CCNC2. The maximum absolute atomic E-state index is 12.2. The van der Waals surface area contributed by atoms with E-state index in [4.69, 9.17) is 0 Å². The third-order valence-corrected chi connectivity index (χ3v) is 4.97. The van der Waals surface area contributed by atoms with Crippen molar-refractivity contribution in [2.75, 3.05) is 11.4 Å². The first kappa shape index (κ1) is 13.3. The summed E-state index contributed by atoms with van der Waals surface area (Å²) in [4.78, 5) is 26.7. The van der Waals surface area contributed by atoms with Gasteiger partial charge < -0.3 is 5.32 Å². The summed E-state index contributed by atoms with van der Waals surface area (Å²) in [5.41, 5.74) is 1.53. The van der Waals surface area contributed by atoms with Crippen LogP contribution < -0.4 is 10.2 Å². The molecule has 2 aliphatic heterocycles. The van der Waals surface area contributed by atoms with Gasteiger partial charge in [0.15, 0.2) is 0 Å². The molecule has 1 aromatic heterocycles. The zero-order chi connectivity index (χ0) is 14.1. The molecule has 1 saturated heterocycles. The number of hydrogen-bond donors (Lipinski definition) is 1. The third-order valence-electron chi connectivity index (χ3n) is 3.75. The van der Waals surface area contributed by atoms with E-state index in [2.05, 4.69) is 11.4 Å². The van der Waals surface area contributed by atoms with Crippen molar-refractivity contribution < 1.29 is 9.59 Å². The molecule has 2 aliphatic rings. The molecule has 0 bridgehead atoms. The van der Waals surface area contributed by atoms with E-state index < -0.39 is 0 Å². The summed E-state index contributed by atoms with van der Waals surface area (Å²) in [5, 5.41) is 13.2. The average Bonchev–Trinajstić information content (AvgIpc) is 2.72. The van der Waals surface area contributed by atoms with Gasteiger partial charge >= 0.3 is 0 Å². The number of imide groups is 1. The molecule has 0 aliphatic carbocycles. The molecule has 6 heteroatoms. The molecule has 3 heterocycles. The zero-order valence-corrected chi connectivity index (χ0v) is 11.9. The van der Waals surface area contributed by atoms with Crippen molar-refractivity contribution in [1.29, 1.82) is 5.26 Å². The largest absolute Gasteiger partial charge is 0.312 e. The van der Waals surface area contributed by atoms with E-state index in [-0.39, 0.29) is 11.8 Å². The first-order chi connectivity index (χ1) is 9.72. The molecule has 0 unspecified atom stereocenters. The monoisotopic (exact) mass is 289 g/mol. The molecule has 1 fully saturated rings. The van der Waals surface area contributed by atoms with E-state index in [1.807, 2.05) is 0 Å². The van der Waals surface area contributed by atoms with Crippen LogP contribution in [0, 0.1) is 11.3 Å². The topological polar surface area (TPSA) is 73.2 Å². The first-order valence-electron chi connectivity index (χ1n) is 6.83. The van der Waals surface area contributed by atoms with Gasteiger partial charge in [0.2, 0.25) is 11.8 Å². The standard InChI is InChI=1S/C14H15N3O2S/c15-7-10-9-5-6-16-8-11(9)20-14(10)17-12(18)3-1-2-4-13(17)19/h16H,1-6,8H2. The van der Waals surface area contributed by atoms with Gasteiger partial charge in [0.1, 0.15) is 11.1 Å². The van der Waals surface area contributed by atoms with Crippen molar-refractivity contribution >= 4 is 28.2 Å². The highest BCUT2D eigenvalue weighted by molar-refractivity contribution is 7.17. The van der Waals surface area contributed by atoms with E-state index >= 15 is 0 Å². The van der Waals surface area contributed by atoms with Crippen LogP contribution in [-0.4, -0.2) is 18.4 Å². The number of nitriles is 1. The van der Waals surface area contributed by atoms with E-state index in [1.54, 1.807) is 0 Å². The van der Waals surface area contributed by atoms with Crippen LogP contribution in [-0.2, 0) is 22.6 Å². The normalized spacial score (nSPS) is 19.4. The molecule has 1 aromatic rings. The lowest BCUT2D eigenvalue weighted by Crippen LogP contribution is -2.35. The third kappa shape index (κ3) is 2.13. The Morgan fingerprint density at radius 2 is 1.85 bits per heavy atom. The van der Waals surface area contributed by atoms with Crippen LogP contribution in [0.2, 0.25) is 0 Å². The quantitative estimate of drug-likeness (QED) is 0.799. The van der Waals surface area contributed by atoms with E-state index in [0.29, 0.717) is 30.0 Å². The number of carbonyl (C=O) groups excluding carboxylic acids is 2. The summed E-state index contributed by atoms with van der Waals surface area (Å²) < 4.78 is 0. The van der Waals surface area contributed by atoms with Crippen LogP contribution >= 0.6 is 11.3 Å². The number of thiophene rings is 1. The van der Waals surface area contributed by atoms with Crippen LogP contribution in [0.1, 0.15) is 41.7 Å². The molecule has 104 valence electrons. The number of nitrogens with one attached hydrogen (secondary N) is 1. The molecule has 3 rings (SSSR count). The second kappa shape index (κ2) is 5.35. The van der Waals surface area contributed by atoms with Gasteiger partial charge in [-0.1, -0.05) is 0 Å². The number of amides is 2. The highest BCUT2D eigenvalue weighted by Crippen LogP contribution is 2.38. The minimum absolute atomic E-state index is 0.171. The van der Waals surface area contributed by atoms with Crippen LogP contribution in [0.3, 0.4) is 0 Å². The fourth-order valence-corrected chi connectivity index (χ4v) is 4.04. The second-order valence-electron chi connectivity index (χ2n) is 5.05. The molecule has 0 atom stereocenters. The van der Waals surface area contributed by atoms with Crippen molar-refractivity contribution in [2.45, 2.75) is 38.6 Å². The summed E-state index contributed by atoms with van der Waals surface area (Å²) in [6.45, 7) is 1.55. The Morgan fingerprint density at radius 1 is 1.15 bits per heavy atom. The fourth-order valence-electron chi connectivity index (χ4n) is 2.73. The zero-order valence-electron chi connectivity index (χ0n) is 11.1. The summed E-state index contributed by atoms with van der Waals surface area (Å²) >= 11 is 1.41. The maximum atomic E-state index is 12.2. The van der Waals surface area contributed by atoms with E-state index in [9.17, 15) is 14.9 Å². The van der Waals surface area contributed by atoms with Crippen LogP contribution in [0.15, 0.2) is 0 Å². The van der Waals surface area contributed by atoms with Gasteiger partial charge in [-0.2, -0.15) is 5.26 Å². The summed E-state index contributed by atoms with van der Waals surface area (Å²) in [5.74, 6) is -0.342. The Bertz CT molecular complexity index is 597. The molecule has 5 nitrogen and oxygen atoms in total. The summed E-state index contributed by atoms with van der Waals surface area (Å²) in [6.07, 6.45) is 3.05. The van der Waals surface area contributed by atoms with Gasteiger partial charge in [0.05, 0.1) is 5.56 Å². The molecular formula is C14H15N3O2S. The van der Waals surface area contributed by atoms with E-state index in [1.165, 1.54) is 16.2 Å². The van der Waals surface area contributed by atoms with Crippen LogP contribution in [0.25, 0.3) is 0 Å². The second-order valence-corrected chi connectivity index (χ2v) is 6.14. The van der Waals surface area contributed by atoms with Crippen molar-refractivity contribution in [3.8, 4) is 6.07 Å². The molecule has 20 heavy (non-hydrogen) atoms. The number of hydrogen-bond acceptors (Lipinski definition) is 5. The maximum Gasteiger partial charge on any atom is 0.234 e. The van der Waals surface area contributed by atoms with Gasteiger partial charge in [0.25, 0.3) is 0 Å². The Hall–Kier alpha value is -1.71. The number of rotatable bonds is 1. The number of nitrogens with zero attached hydrogens (tertiary/aromatic N) is 2. The van der Waals surface area contributed by atoms with Gasteiger partial charge in [-0.3, -0.25) is 9.59 Å². The summed E-state index contributed by atoms with van der Waals surface area (Å²) in [7, 11) is 0. The van der Waals surface area contributed by atoms with Crippen LogP contribution in [0.4, 0.5) is 5.00 Å². The number of anilines is 1. The highest BCUT2D eigenvalue weighted by Gasteiger charge is 2.32. The molecule has 0 aromatic carbocycles. The predicted molar refractivity (Wildman–Crippen MR) is 75.4 cm³/mol. The first-order valence-corrected chi connectivity index (χ1v) is 7.65. The van der Waals surface area contributed by atoms with Crippen LogP contribution in [0.5, 0.6) is 0 Å². The minimum Gasteiger partial charge on any atom is -0.312 e. The highest BCUT2D eigenvalue weighted by atomic mass is 32.1. The van der Waals surface area contributed by atoms with Gasteiger partial charge in [-0.05, 0) is 31.4 Å². The Labute approximate surface area is 121 Å². The number of carbonyl (C=O) groups is 2. The molecular weight excluding hydrogens is 274 g/mol. The Morgan fingerprint density at radius 3 is 2.50 bits per heavy atom. The van der Waals surface area contributed by atoms with Crippen molar-refractivity contribution in [2.24, 2.45) is 0 Å². The van der Waals surface area contributed by atoms with Gasteiger partial charge in [-0.25, -0.2) is 4.90 Å². The lowest BCUT2D eigenvalue weighted by Gasteiger charge is -2.17. The predicted octanol–water partition coefficient (Wildman–Crippen LogP) is 1.70. The van der Waals surface area contributed by atoms with Crippen molar-refractivity contribution in [3.63, 3.8) is 0 Å². The molecule has 0 spiro atoms. The lowest BCUT2D eigenvalue weighted by molar-refractivity contribution is -0.125. The number of fused-ring (bicyclic) bond motifs is 1. The molecule has 0 saturated carbocycles. The van der Waals surface area contributed by atoms with Crippen molar-refractivity contribution in [3.05, 3.63) is 16.0 Å². The molecule has 2 amide bonds. The lowest BCUT2D eigenvalue weighted by atomic mass is 10.0. The smallest absolute Gasteiger partial charge is 0.234 e. The molecule has 1 N–H and O–H groups in total. The minimum atomic E-state index is -0.171. The Balaban J connectivity index is 2.08. The molecule has 0 radical (unpaired) electrons.